The van der Waals surface area contributed by atoms with Crippen molar-refractivity contribution in [2.24, 2.45) is 0 Å². The summed E-state index contributed by atoms with van der Waals surface area (Å²) in [5, 5.41) is 22.0. The molecule has 0 amide bonds. The molecule has 0 saturated carbocycles. The van der Waals surface area contributed by atoms with E-state index < -0.39 is 11.6 Å². The third-order valence-electron chi connectivity index (χ3n) is 7.64. The molecule has 6 rings (SSSR count). The van der Waals surface area contributed by atoms with Crippen molar-refractivity contribution in [2.75, 3.05) is 45.5 Å². The maximum absolute atomic E-state index is 12.2. The number of ether oxygens (including phenoxy) is 1. The van der Waals surface area contributed by atoms with Gasteiger partial charge in [-0.1, -0.05) is 24.3 Å². The summed E-state index contributed by atoms with van der Waals surface area (Å²) in [5.74, 6) is 0.112. The van der Waals surface area contributed by atoms with Gasteiger partial charge in [-0.3, -0.25) is 4.79 Å². The number of methoxy groups -OCH3 is 1. The summed E-state index contributed by atoms with van der Waals surface area (Å²) >= 11 is 0. The second-order valence-corrected chi connectivity index (χ2v) is 11.3. The maximum Gasteiger partial charge on any atom is 1.00 e. The molecule has 52 heavy (non-hydrogen) atoms. The molecule has 0 bridgehead atoms. The number of hydrogen-bond acceptors (Lipinski definition) is 11. The Labute approximate surface area is 387 Å². The number of nitrogens with zero attached hydrogens (tertiary/aromatic N) is 3. The number of nitrogens with one attached hydrogen (secondary N) is 1. The van der Waals surface area contributed by atoms with Crippen LogP contribution in [0.2, 0.25) is 0 Å². The van der Waals surface area contributed by atoms with E-state index in [0.29, 0.717) is 17.5 Å². The van der Waals surface area contributed by atoms with Crippen LogP contribution in [0.1, 0.15) is 24.3 Å². The van der Waals surface area contributed by atoms with Crippen molar-refractivity contribution >= 4 is 45.8 Å². The van der Waals surface area contributed by atoms with Crippen LogP contribution in [0.15, 0.2) is 98.6 Å². The van der Waals surface area contributed by atoms with Crippen LogP contribution in [0, 0.1) is 11.3 Å². The van der Waals surface area contributed by atoms with Crippen molar-refractivity contribution in [1.29, 1.82) is 5.26 Å². The van der Waals surface area contributed by atoms with Crippen molar-refractivity contribution in [3.05, 3.63) is 112 Å². The van der Waals surface area contributed by atoms with Gasteiger partial charge in [0.1, 0.15) is 36.6 Å². The number of carbonyl (C=O) groups is 2. The number of anilines is 2. The summed E-state index contributed by atoms with van der Waals surface area (Å²) in [4.78, 5) is 37.4. The van der Waals surface area contributed by atoms with Crippen molar-refractivity contribution in [1.82, 2.24) is 4.58 Å². The van der Waals surface area contributed by atoms with Gasteiger partial charge in [-0.2, -0.15) is 5.26 Å². The number of rotatable bonds is 7. The first-order chi connectivity index (χ1) is 24.0. The molecule has 0 atom stereocenters. The van der Waals surface area contributed by atoms with Gasteiger partial charge in [0.2, 0.25) is 5.36 Å². The molecule has 12 nitrogen and oxygen atoms in total. The van der Waals surface area contributed by atoms with Crippen molar-refractivity contribution < 1.29 is 138 Å². The second kappa shape index (κ2) is 21.5. The number of fused-ring (bicyclic) bond motifs is 3. The average Bonchev–Trinajstić information content (AvgIpc) is 3.12. The normalized spacial score (nSPS) is 9.81. The van der Waals surface area contributed by atoms with E-state index in [1.807, 2.05) is 40.3 Å². The van der Waals surface area contributed by atoms with Crippen molar-refractivity contribution in [3.63, 3.8) is 0 Å². The van der Waals surface area contributed by atoms with Gasteiger partial charge in [0.05, 0.1) is 19.2 Å². The first-order valence-electron chi connectivity index (χ1n) is 15.3. The van der Waals surface area contributed by atoms with Crippen LogP contribution in [0.5, 0.6) is 0 Å². The number of carbonyl (C=O) groups excluding carboxylic acids is 2. The first-order valence-corrected chi connectivity index (χ1v) is 15.3. The molecule has 0 unspecified atom stereocenters. The summed E-state index contributed by atoms with van der Waals surface area (Å²) in [5.41, 5.74) is 6.60. The van der Waals surface area contributed by atoms with Gasteiger partial charge in [0.25, 0.3) is 6.47 Å². The van der Waals surface area contributed by atoms with E-state index in [0.717, 1.165) is 55.7 Å². The molecule has 2 heterocycles. The summed E-state index contributed by atoms with van der Waals surface area (Å²) in [6.45, 7) is 1.77. The zero-order valence-electron chi connectivity index (χ0n) is 31.5. The number of benzene rings is 4. The molecule has 258 valence electrons. The van der Waals surface area contributed by atoms with Crippen LogP contribution in [0.3, 0.4) is 0 Å². The molecule has 4 aromatic rings. The monoisotopic (exact) mass is 755 g/mol. The average molecular weight is 756 g/mol. The van der Waals surface area contributed by atoms with Crippen LogP contribution in [0.4, 0.5) is 11.4 Å². The fraction of sp³-hybridized carbons (Fsp3) is 0.184. The molecule has 1 aromatic heterocycles. The Morgan fingerprint density at radius 2 is 1.65 bits per heavy atom. The van der Waals surface area contributed by atoms with Crippen LogP contribution in [-0.2, 0) is 21.0 Å². The molecule has 3 aromatic carbocycles. The number of nitriles is 1. The van der Waals surface area contributed by atoms with Gasteiger partial charge in [0.15, 0.2) is 0 Å². The largest absolute Gasteiger partial charge is 1.00 e. The van der Waals surface area contributed by atoms with E-state index >= 15 is 0 Å². The zero-order chi connectivity index (χ0) is 36.4. The van der Waals surface area contributed by atoms with Crippen LogP contribution in [-0.4, -0.2) is 47.7 Å². The number of hydrogen-bond donors (Lipinski definition) is 1. The topological polar surface area (TPSA) is 161 Å². The van der Waals surface area contributed by atoms with E-state index in [-0.39, 0.29) is 116 Å². The Morgan fingerprint density at radius 3 is 2.25 bits per heavy atom. The molecular formula is C38H37K2N4O8+. The summed E-state index contributed by atoms with van der Waals surface area (Å²) < 4.78 is 18.6. The Bertz CT molecular complexity index is 2300. The molecule has 0 radical (unpaired) electrons. The smallest absolute Gasteiger partial charge is 1.00 e. The van der Waals surface area contributed by atoms with Gasteiger partial charge in [-0.25, -0.2) is 14.2 Å². The molecule has 14 heteroatoms. The maximum atomic E-state index is 12.2. The molecule has 2 aliphatic rings. The second-order valence-electron chi connectivity index (χ2n) is 11.3. The van der Waals surface area contributed by atoms with Gasteiger partial charge >= 0.3 is 114 Å². The van der Waals surface area contributed by atoms with Gasteiger partial charge in [0, 0.05) is 73.0 Å². The predicted octanol–water partition coefficient (Wildman–Crippen LogP) is -1.11. The van der Waals surface area contributed by atoms with Crippen molar-refractivity contribution in [3.8, 4) is 28.5 Å². The van der Waals surface area contributed by atoms with E-state index in [9.17, 15) is 9.59 Å². The molecular weight excluding hydrogens is 719 g/mol. The van der Waals surface area contributed by atoms with E-state index in [1.165, 1.54) is 20.1 Å². The molecule has 1 aliphatic heterocycles. The Kier molecular flexibility index (Phi) is 18.6. The van der Waals surface area contributed by atoms with Crippen molar-refractivity contribution in [2.45, 2.75) is 13.5 Å². The zero-order valence-corrected chi connectivity index (χ0v) is 36.7. The fourth-order valence-corrected chi connectivity index (χ4v) is 5.21. The Hall–Kier alpha value is -3.18. The minimum absolute atomic E-state index is 0. The standard InChI is InChI=1S/C35H31N3O5.C2H3N.CH2O3.2K.H/c1-37(2)25-12-14-27-31(18-25)42-32-19-26(38(3)4)13-15-28(32)33(27)22-8-10-24(11-9-22)36-20-21-6-7-23-17-29(34(39)41-5)35(40)43-30(23)16-21;1-2-3;2-1-4-3;;;/h6-19H,20H2,1-5H3;1H3;1,3H;;;/q;;;2*+1;-1. The fourth-order valence-electron chi connectivity index (χ4n) is 5.21. The molecule has 0 saturated heterocycles. The van der Waals surface area contributed by atoms with E-state index in [4.69, 9.17) is 24.1 Å². The Balaban J connectivity index is 0.00000130. The minimum atomic E-state index is -0.718. The quantitative estimate of drug-likeness (QED) is 0.0308. The Morgan fingerprint density at radius 1 is 0.981 bits per heavy atom. The minimum Gasteiger partial charge on any atom is -1.00 e. The van der Waals surface area contributed by atoms with Gasteiger partial charge < -0.3 is 35.4 Å². The van der Waals surface area contributed by atoms with Crippen LogP contribution < -0.4 is 134 Å². The predicted molar refractivity (Wildman–Crippen MR) is 190 cm³/mol. The van der Waals surface area contributed by atoms with E-state index in [1.54, 1.807) is 12.1 Å². The summed E-state index contributed by atoms with van der Waals surface area (Å²) in [6, 6.07) is 29.8. The summed E-state index contributed by atoms with van der Waals surface area (Å²) in [6.07, 6.45) is 0. The van der Waals surface area contributed by atoms with Gasteiger partial charge in [-0.05, 0) is 53.6 Å². The number of esters is 1. The third kappa shape index (κ3) is 11.2. The molecule has 0 spiro atoms. The molecule has 1 N–H and O–H groups in total. The molecule has 1 aliphatic carbocycles. The molecule has 0 fully saturated rings. The SMILES string of the molecule is CC#N.COC(=O)c1cc2ccc(CNc3ccc(-c4c5ccc(=[N+](C)C)cc-5oc5cc(N(C)C)ccc45)cc3)cc2oc1=O.O=CO[O-].[H-].[K+].[K+]. The van der Waals surface area contributed by atoms with Crippen LogP contribution in [0.25, 0.3) is 44.4 Å². The van der Waals surface area contributed by atoms with Gasteiger partial charge in [-0.15, -0.1) is 0 Å². The first kappa shape index (κ1) is 45.0. The summed E-state index contributed by atoms with van der Waals surface area (Å²) in [7, 11) is 9.32. The van der Waals surface area contributed by atoms with Crippen LogP contribution >= 0.6 is 0 Å². The third-order valence-corrected chi connectivity index (χ3v) is 7.64. The van der Waals surface area contributed by atoms with E-state index in [2.05, 4.69) is 85.1 Å².